The molecule has 2 aromatic carbocycles. The van der Waals surface area contributed by atoms with Crippen LogP contribution in [0.15, 0.2) is 54.6 Å². The van der Waals surface area contributed by atoms with E-state index < -0.39 is 11.9 Å². The molecular weight excluding hydrogens is 212 g/mol. The Balaban J connectivity index is 2.47. The van der Waals surface area contributed by atoms with Gasteiger partial charge in [-0.1, -0.05) is 60.2 Å². The molecule has 0 saturated carbocycles. The zero-order valence-electron chi connectivity index (χ0n) is 9.63. The molecule has 2 nitrogen and oxygen atoms in total. The van der Waals surface area contributed by atoms with Gasteiger partial charge in [-0.3, -0.25) is 4.79 Å². The number of carboxylic acids is 1. The van der Waals surface area contributed by atoms with E-state index in [-0.39, 0.29) is 0 Å². The highest BCUT2D eigenvalue weighted by Crippen LogP contribution is 2.25. The van der Waals surface area contributed by atoms with Crippen molar-refractivity contribution in [2.75, 3.05) is 0 Å². The predicted molar refractivity (Wildman–Crippen MR) is 67.1 cm³/mol. The summed E-state index contributed by atoms with van der Waals surface area (Å²) in [5.74, 6) is -1.40. The number of hydrogen-bond donors (Lipinski definition) is 1. The number of rotatable bonds is 3. The van der Waals surface area contributed by atoms with E-state index in [1.165, 1.54) is 0 Å². The number of benzene rings is 2. The first-order valence-electron chi connectivity index (χ1n) is 5.53. The van der Waals surface area contributed by atoms with E-state index in [0.717, 1.165) is 16.7 Å². The molecule has 0 fully saturated rings. The summed E-state index contributed by atoms with van der Waals surface area (Å²) in [4.78, 5) is 11.4. The molecule has 0 saturated heterocycles. The maximum atomic E-state index is 11.4. The van der Waals surface area contributed by atoms with Crippen LogP contribution in [0.4, 0.5) is 0 Å². The van der Waals surface area contributed by atoms with Crippen molar-refractivity contribution in [2.24, 2.45) is 0 Å². The number of aryl methyl sites for hydroxylation is 1. The minimum Gasteiger partial charge on any atom is -0.481 e. The molecule has 0 aliphatic heterocycles. The average Bonchev–Trinajstić information content (AvgIpc) is 2.30. The number of hydrogen-bond acceptors (Lipinski definition) is 1. The Labute approximate surface area is 101 Å². The highest BCUT2D eigenvalue weighted by molar-refractivity contribution is 5.80. The zero-order valence-corrected chi connectivity index (χ0v) is 9.63. The number of aliphatic carboxylic acids is 1. The van der Waals surface area contributed by atoms with Crippen LogP contribution in [-0.4, -0.2) is 11.1 Å². The Kier molecular flexibility index (Phi) is 3.24. The number of carboxylic acid groups (broad SMARTS) is 1. The Morgan fingerprint density at radius 3 is 2.24 bits per heavy atom. The van der Waals surface area contributed by atoms with Crippen LogP contribution in [-0.2, 0) is 4.79 Å². The molecule has 0 radical (unpaired) electrons. The van der Waals surface area contributed by atoms with Crippen molar-refractivity contribution >= 4 is 5.97 Å². The van der Waals surface area contributed by atoms with Gasteiger partial charge in [0, 0.05) is 0 Å². The minimum atomic E-state index is -0.818. The largest absolute Gasteiger partial charge is 0.481 e. The summed E-state index contributed by atoms with van der Waals surface area (Å²) in [6, 6.07) is 16.9. The van der Waals surface area contributed by atoms with Crippen molar-refractivity contribution in [3.05, 3.63) is 71.3 Å². The topological polar surface area (TPSA) is 37.3 Å². The SMILES string of the molecule is Cc1cccc([C@H](C(=O)O)c2ccccc2)c1. The Morgan fingerprint density at radius 2 is 1.65 bits per heavy atom. The molecule has 0 aliphatic rings. The lowest BCUT2D eigenvalue weighted by Crippen LogP contribution is -2.13. The Morgan fingerprint density at radius 1 is 1.00 bits per heavy atom. The lowest BCUT2D eigenvalue weighted by molar-refractivity contribution is -0.137. The second kappa shape index (κ2) is 4.83. The number of carbonyl (C=O) groups is 1. The molecule has 1 N–H and O–H groups in total. The maximum absolute atomic E-state index is 11.4. The lowest BCUT2D eigenvalue weighted by Gasteiger charge is -2.13. The molecule has 0 bridgehead atoms. The van der Waals surface area contributed by atoms with Crippen LogP contribution in [0.3, 0.4) is 0 Å². The normalized spacial score (nSPS) is 12.1. The quantitative estimate of drug-likeness (QED) is 0.872. The molecule has 17 heavy (non-hydrogen) atoms. The molecule has 86 valence electrons. The molecule has 0 spiro atoms. The maximum Gasteiger partial charge on any atom is 0.315 e. The van der Waals surface area contributed by atoms with E-state index in [2.05, 4.69) is 0 Å². The third-order valence-corrected chi connectivity index (χ3v) is 2.76. The summed E-state index contributed by atoms with van der Waals surface area (Å²) in [7, 11) is 0. The van der Waals surface area contributed by atoms with Gasteiger partial charge in [-0.25, -0.2) is 0 Å². The summed E-state index contributed by atoms with van der Waals surface area (Å²) >= 11 is 0. The van der Waals surface area contributed by atoms with Crippen LogP contribution >= 0.6 is 0 Å². The summed E-state index contributed by atoms with van der Waals surface area (Å²) in [5.41, 5.74) is 2.71. The van der Waals surface area contributed by atoms with E-state index in [4.69, 9.17) is 0 Å². The molecule has 0 aromatic heterocycles. The summed E-state index contributed by atoms with van der Waals surface area (Å²) in [6.45, 7) is 1.97. The smallest absolute Gasteiger partial charge is 0.315 e. The molecule has 0 unspecified atom stereocenters. The average molecular weight is 226 g/mol. The van der Waals surface area contributed by atoms with Gasteiger partial charge in [0.05, 0.1) is 0 Å². The fourth-order valence-electron chi connectivity index (χ4n) is 1.97. The molecule has 1 atom stereocenters. The van der Waals surface area contributed by atoms with Crippen molar-refractivity contribution in [3.63, 3.8) is 0 Å². The van der Waals surface area contributed by atoms with Gasteiger partial charge >= 0.3 is 5.97 Å². The van der Waals surface area contributed by atoms with E-state index in [9.17, 15) is 9.90 Å². The van der Waals surface area contributed by atoms with E-state index in [1.54, 1.807) is 0 Å². The van der Waals surface area contributed by atoms with Crippen LogP contribution in [0.5, 0.6) is 0 Å². The van der Waals surface area contributed by atoms with Gasteiger partial charge in [0.2, 0.25) is 0 Å². The molecule has 2 aromatic rings. The summed E-state index contributed by atoms with van der Waals surface area (Å²) < 4.78 is 0. The van der Waals surface area contributed by atoms with Crippen molar-refractivity contribution in [1.82, 2.24) is 0 Å². The van der Waals surface area contributed by atoms with Crippen molar-refractivity contribution < 1.29 is 9.90 Å². The first-order valence-corrected chi connectivity index (χ1v) is 5.53. The van der Waals surface area contributed by atoms with Gasteiger partial charge in [-0.05, 0) is 18.1 Å². The summed E-state index contributed by atoms with van der Waals surface area (Å²) in [6.07, 6.45) is 0. The van der Waals surface area contributed by atoms with Gasteiger partial charge < -0.3 is 5.11 Å². The fraction of sp³-hybridized carbons (Fsp3) is 0.133. The lowest BCUT2D eigenvalue weighted by atomic mass is 9.91. The highest BCUT2D eigenvalue weighted by Gasteiger charge is 2.21. The molecule has 0 aliphatic carbocycles. The molecule has 2 rings (SSSR count). The van der Waals surface area contributed by atoms with Crippen LogP contribution in [0.25, 0.3) is 0 Å². The van der Waals surface area contributed by atoms with E-state index in [1.807, 2.05) is 61.5 Å². The third-order valence-electron chi connectivity index (χ3n) is 2.76. The Hall–Kier alpha value is -2.09. The Bertz CT molecular complexity index is 517. The van der Waals surface area contributed by atoms with Crippen LogP contribution in [0.2, 0.25) is 0 Å². The molecule has 0 amide bonds. The fourth-order valence-corrected chi connectivity index (χ4v) is 1.97. The van der Waals surface area contributed by atoms with Gasteiger partial charge in [-0.15, -0.1) is 0 Å². The third kappa shape index (κ3) is 2.53. The minimum absolute atomic E-state index is 0.587. The van der Waals surface area contributed by atoms with Crippen LogP contribution in [0.1, 0.15) is 22.6 Å². The highest BCUT2D eigenvalue weighted by atomic mass is 16.4. The van der Waals surface area contributed by atoms with E-state index in [0.29, 0.717) is 0 Å². The van der Waals surface area contributed by atoms with Gasteiger partial charge in [-0.2, -0.15) is 0 Å². The summed E-state index contributed by atoms with van der Waals surface area (Å²) in [5, 5.41) is 9.37. The van der Waals surface area contributed by atoms with E-state index >= 15 is 0 Å². The van der Waals surface area contributed by atoms with Crippen LogP contribution in [0, 0.1) is 6.92 Å². The van der Waals surface area contributed by atoms with Crippen molar-refractivity contribution in [2.45, 2.75) is 12.8 Å². The monoisotopic (exact) mass is 226 g/mol. The predicted octanol–water partition coefficient (Wildman–Crippen LogP) is 3.21. The second-order valence-corrected chi connectivity index (χ2v) is 4.10. The molecule has 2 heteroatoms. The zero-order chi connectivity index (χ0) is 12.3. The molecular formula is C15H14O2. The standard InChI is InChI=1S/C15H14O2/c1-11-6-5-9-13(10-11)14(15(16)17)12-7-3-2-4-8-12/h2-10,14H,1H3,(H,16,17)/t14-/m1/s1. The van der Waals surface area contributed by atoms with Gasteiger partial charge in [0.1, 0.15) is 5.92 Å². The van der Waals surface area contributed by atoms with Crippen molar-refractivity contribution in [1.29, 1.82) is 0 Å². The first-order chi connectivity index (χ1) is 8.18. The van der Waals surface area contributed by atoms with Crippen molar-refractivity contribution in [3.8, 4) is 0 Å². The van der Waals surface area contributed by atoms with Gasteiger partial charge in [0.25, 0.3) is 0 Å². The first kappa shape index (κ1) is 11.4. The van der Waals surface area contributed by atoms with Gasteiger partial charge in [0.15, 0.2) is 0 Å². The van der Waals surface area contributed by atoms with Crippen LogP contribution < -0.4 is 0 Å². The second-order valence-electron chi connectivity index (χ2n) is 4.10. The molecule has 0 heterocycles.